The van der Waals surface area contributed by atoms with Crippen LogP contribution in [0.5, 0.6) is 0 Å². The Morgan fingerprint density at radius 2 is 1.53 bits per heavy atom. The number of carbonyl (C=O) groups excluding carboxylic acids is 1. The fourth-order valence-electron chi connectivity index (χ4n) is 3.97. The third-order valence-corrected chi connectivity index (χ3v) is 7.15. The highest BCUT2D eigenvalue weighted by Crippen LogP contribution is 2.28. The van der Waals surface area contributed by atoms with Gasteiger partial charge in [-0.15, -0.1) is 0 Å². The van der Waals surface area contributed by atoms with Crippen molar-refractivity contribution < 1.29 is 4.79 Å². The number of piperazine rings is 1. The number of amides is 1. The van der Waals surface area contributed by atoms with Crippen LogP contribution in [0.4, 0.5) is 0 Å². The number of fused-ring (bicyclic) bond motifs is 1. The monoisotopic (exact) mass is 461 g/mol. The van der Waals surface area contributed by atoms with Crippen LogP contribution in [0.1, 0.15) is 16.1 Å². The summed E-state index contributed by atoms with van der Waals surface area (Å²) in [6, 6.07) is 24.8. The summed E-state index contributed by atoms with van der Waals surface area (Å²) in [4.78, 5) is 19.3. The summed E-state index contributed by atoms with van der Waals surface area (Å²) >= 11 is 7.83. The standard InChI is InChI=1S/C26H24ClN3OS/c1-18-2-4-19(5-3-18)20-6-9-23(10-7-20)32-30-14-12-29(13-15-30)26(31)25-17-21-16-22(27)8-11-24(21)28-25/h2-11,16-17,28H,12-15H2,1H3. The normalized spacial score (nSPS) is 14.8. The summed E-state index contributed by atoms with van der Waals surface area (Å²) < 4.78 is 2.33. The van der Waals surface area contributed by atoms with Gasteiger partial charge in [0, 0.05) is 47.0 Å². The fraction of sp³-hybridized carbons (Fsp3) is 0.192. The van der Waals surface area contributed by atoms with Crippen LogP contribution in [0.2, 0.25) is 5.02 Å². The predicted octanol–water partition coefficient (Wildman–Crippen LogP) is 6.26. The lowest BCUT2D eigenvalue weighted by Gasteiger charge is -2.33. The molecule has 4 nitrogen and oxygen atoms in total. The van der Waals surface area contributed by atoms with E-state index in [1.54, 1.807) is 11.9 Å². The Morgan fingerprint density at radius 3 is 2.22 bits per heavy atom. The molecule has 0 unspecified atom stereocenters. The molecule has 162 valence electrons. The van der Waals surface area contributed by atoms with Gasteiger partial charge >= 0.3 is 0 Å². The number of nitrogens with one attached hydrogen (secondary N) is 1. The highest BCUT2D eigenvalue weighted by Gasteiger charge is 2.24. The molecule has 3 aromatic carbocycles. The van der Waals surface area contributed by atoms with E-state index in [0.29, 0.717) is 23.8 Å². The third-order valence-electron chi connectivity index (χ3n) is 5.81. The van der Waals surface area contributed by atoms with Gasteiger partial charge in [0.25, 0.3) is 5.91 Å². The van der Waals surface area contributed by atoms with Gasteiger partial charge in [0.1, 0.15) is 5.69 Å². The van der Waals surface area contributed by atoms with E-state index >= 15 is 0 Å². The van der Waals surface area contributed by atoms with Crippen LogP contribution in [0.15, 0.2) is 77.7 Å². The first-order chi connectivity index (χ1) is 15.5. The number of halogens is 1. The van der Waals surface area contributed by atoms with Gasteiger partial charge in [-0.3, -0.25) is 4.79 Å². The number of benzene rings is 3. The number of nitrogens with zero attached hydrogens (tertiary/aromatic N) is 2. The van der Waals surface area contributed by atoms with E-state index in [0.717, 1.165) is 24.0 Å². The van der Waals surface area contributed by atoms with Gasteiger partial charge in [-0.2, -0.15) is 0 Å². The first kappa shape index (κ1) is 21.1. The van der Waals surface area contributed by atoms with Crippen LogP contribution in [0, 0.1) is 6.92 Å². The summed E-state index contributed by atoms with van der Waals surface area (Å²) in [5.41, 5.74) is 5.28. The highest BCUT2D eigenvalue weighted by molar-refractivity contribution is 7.97. The predicted molar refractivity (Wildman–Crippen MR) is 133 cm³/mol. The van der Waals surface area contributed by atoms with Crippen LogP contribution in [0.3, 0.4) is 0 Å². The molecule has 0 radical (unpaired) electrons. The Bertz CT molecular complexity index is 1240. The minimum absolute atomic E-state index is 0.0458. The minimum Gasteiger partial charge on any atom is -0.351 e. The van der Waals surface area contributed by atoms with Crippen LogP contribution in [-0.4, -0.2) is 46.3 Å². The van der Waals surface area contributed by atoms with E-state index in [9.17, 15) is 4.79 Å². The summed E-state index contributed by atoms with van der Waals surface area (Å²) in [5.74, 6) is 0.0458. The first-order valence-corrected chi connectivity index (χ1v) is 11.9. The smallest absolute Gasteiger partial charge is 0.270 e. The summed E-state index contributed by atoms with van der Waals surface area (Å²) in [6.07, 6.45) is 0. The molecule has 4 aromatic rings. The van der Waals surface area contributed by atoms with Gasteiger partial charge in [-0.25, -0.2) is 4.31 Å². The van der Waals surface area contributed by atoms with Crippen molar-refractivity contribution in [2.45, 2.75) is 11.8 Å². The van der Waals surface area contributed by atoms with Gasteiger partial charge in [0.2, 0.25) is 0 Å². The van der Waals surface area contributed by atoms with Crippen molar-refractivity contribution in [2.75, 3.05) is 26.2 Å². The van der Waals surface area contributed by atoms with Crippen LogP contribution in [0.25, 0.3) is 22.0 Å². The molecule has 2 heterocycles. The van der Waals surface area contributed by atoms with Gasteiger partial charge < -0.3 is 9.88 Å². The van der Waals surface area contributed by atoms with E-state index < -0.39 is 0 Å². The Balaban J connectivity index is 1.18. The largest absolute Gasteiger partial charge is 0.351 e. The maximum atomic E-state index is 12.9. The molecule has 1 aliphatic rings. The van der Waals surface area contributed by atoms with Crippen molar-refractivity contribution in [1.82, 2.24) is 14.2 Å². The number of hydrogen-bond donors (Lipinski definition) is 1. The maximum Gasteiger partial charge on any atom is 0.270 e. The molecule has 0 bridgehead atoms. The fourth-order valence-corrected chi connectivity index (χ4v) is 5.06. The van der Waals surface area contributed by atoms with Gasteiger partial charge in [-0.1, -0.05) is 53.6 Å². The number of H-pyrrole nitrogens is 1. The van der Waals surface area contributed by atoms with Gasteiger partial charge in [-0.05, 0) is 66.4 Å². The second-order valence-electron chi connectivity index (χ2n) is 8.12. The molecular formula is C26H24ClN3OS. The molecule has 0 saturated carbocycles. The molecule has 0 aliphatic carbocycles. The number of aromatic nitrogens is 1. The zero-order valence-electron chi connectivity index (χ0n) is 17.8. The molecule has 1 aromatic heterocycles. The molecule has 5 rings (SSSR count). The molecular weight excluding hydrogens is 438 g/mol. The minimum atomic E-state index is 0.0458. The summed E-state index contributed by atoms with van der Waals surface area (Å²) in [5, 5.41) is 1.64. The Hall–Kier alpha value is -2.73. The molecule has 32 heavy (non-hydrogen) atoms. The van der Waals surface area contributed by atoms with Gasteiger partial charge in [0.05, 0.1) is 0 Å². The molecule has 1 aliphatic heterocycles. The third kappa shape index (κ3) is 4.56. The first-order valence-electron chi connectivity index (χ1n) is 10.7. The summed E-state index contributed by atoms with van der Waals surface area (Å²) in [6.45, 7) is 5.20. The van der Waals surface area contributed by atoms with E-state index in [1.807, 2.05) is 29.2 Å². The van der Waals surface area contributed by atoms with Crippen molar-refractivity contribution in [3.8, 4) is 11.1 Å². The lowest BCUT2D eigenvalue weighted by molar-refractivity contribution is 0.0699. The zero-order chi connectivity index (χ0) is 22.1. The average molecular weight is 462 g/mol. The molecule has 0 atom stereocenters. The van der Waals surface area contributed by atoms with E-state index in [4.69, 9.17) is 11.6 Å². The lowest BCUT2D eigenvalue weighted by Crippen LogP contribution is -2.46. The highest BCUT2D eigenvalue weighted by atomic mass is 35.5. The topological polar surface area (TPSA) is 39.3 Å². The van der Waals surface area contributed by atoms with Crippen molar-refractivity contribution in [1.29, 1.82) is 0 Å². The molecule has 1 saturated heterocycles. The van der Waals surface area contributed by atoms with Crippen LogP contribution >= 0.6 is 23.5 Å². The van der Waals surface area contributed by atoms with Crippen LogP contribution < -0.4 is 0 Å². The van der Waals surface area contributed by atoms with Crippen molar-refractivity contribution in [2.24, 2.45) is 0 Å². The Kier molecular flexibility index (Phi) is 5.96. The number of carbonyl (C=O) groups is 1. The number of rotatable bonds is 4. The molecule has 6 heteroatoms. The SMILES string of the molecule is Cc1ccc(-c2ccc(SN3CCN(C(=O)c4cc5cc(Cl)ccc5[nH]4)CC3)cc2)cc1. The molecule has 1 amide bonds. The quantitative estimate of drug-likeness (QED) is 0.364. The lowest BCUT2D eigenvalue weighted by atomic mass is 10.0. The average Bonchev–Trinajstić information content (AvgIpc) is 3.23. The molecule has 0 spiro atoms. The maximum absolute atomic E-state index is 12.9. The van der Waals surface area contributed by atoms with Crippen molar-refractivity contribution in [3.63, 3.8) is 0 Å². The number of aryl methyl sites for hydroxylation is 1. The zero-order valence-corrected chi connectivity index (χ0v) is 19.4. The van der Waals surface area contributed by atoms with E-state index in [1.165, 1.54) is 21.6 Å². The van der Waals surface area contributed by atoms with Crippen LogP contribution in [-0.2, 0) is 0 Å². The molecule has 1 fully saturated rings. The molecule has 1 N–H and O–H groups in total. The number of hydrogen-bond acceptors (Lipinski definition) is 3. The van der Waals surface area contributed by atoms with Crippen molar-refractivity contribution >= 4 is 40.4 Å². The Morgan fingerprint density at radius 1 is 0.875 bits per heavy atom. The van der Waals surface area contributed by atoms with E-state index in [2.05, 4.69) is 64.7 Å². The van der Waals surface area contributed by atoms with E-state index in [-0.39, 0.29) is 5.91 Å². The Labute approximate surface area is 197 Å². The number of aromatic amines is 1. The second-order valence-corrected chi connectivity index (χ2v) is 9.72. The van der Waals surface area contributed by atoms with Crippen molar-refractivity contribution in [3.05, 3.63) is 89.1 Å². The summed E-state index contributed by atoms with van der Waals surface area (Å²) in [7, 11) is 0. The van der Waals surface area contributed by atoms with Gasteiger partial charge in [0.15, 0.2) is 0 Å². The second kappa shape index (κ2) is 9.02.